The number of rotatable bonds is 7. The van der Waals surface area contributed by atoms with Crippen LogP contribution in [0.25, 0.3) is 0 Å². The van der Waals surface area contributed by atoms with Crippen molar-refractivity contribution in [2.24, 2.45) is 0 Å². The first-order valence-corrected chi connectivity index (χ1v) is 10.8. The van der Waals surface area contributed by atoms with Crippen LogP contribution < -0.4 is 10.3 Å². The van der Waals surface area contributed by atoms with E-state index < -0.39 is 0 Å². The molecular formula is C23H30N4O4. The van der Waals surface area contributed by atoms with Crippen molar-refractivity contribution in [3.8, 4) is 5.75 Å². The molecule has 0 bridgehead atoms. The minimum absolute atomic E-state index is 0.0406. The molecule has 1 saturated heterocycles. The number of aromatic nitrogens is 2. The van der Waals surface area contributed by atoms with Crippen LogP contribution >= 0.6 is 0 Å². The fraction of sp³-hybridized carbons (Fsp3) is 0.522. The summed E-state index contributed by atoms with van der Waals surface area (Å²) < 4.78 is 10.5. The number of carbonyl (C=O) groups is 1. The summed E-state index contributed by atoms with van der Waals surface area (Å²) in [5.41, 5.74) is 2.72. The van der Waals surface area contributed by atoms with E-state index in [-0.39, 0.29) is 17.4 Å². The SMILES string of the molecule is COCCC(=O)N1CCC(c2nc3c(c(=O)[nH]2)CCN(Cc2ccccc2OC)C3)C1. The van der Waals surface area contributed by atoms with Crippen LogP contribution in [-0.2, 0) is 29.0 Å². The molecule has 1 aromatic carbocycles. The largest absolute Gasteiger partial charge is 0.496 e. The average Bonchev–Trinajstić information content (AvgIpc) is 3.28. The Morgan fingerprint density at radius 1 is 1.26 bits per heavy atom. The lowest BCUT2D eigenvalue weighted by Gasteiger charge is -2.28. The number of H-pyrrole nitrogens is 1. The number of fused-ring (bicyclic) bond motifs is 1. The Morgan fingerprint density at radius 2 is 2.10 bits per heavy atom. The van der Waals surface area contributed by atoms with Gasteiger partial charge in [0.25, 0.3) is 5.56 Å². The first-order chi connectivity index (χ1) is 15.1. The second kappa shape index (κ2) is 9.62. The highest BCUT2D eigenvalue weighted by atomic mass is 16.5. The number of hydrogen-bond acceptors (Lipinski definition) is 6. The van der Waals surface area contributed by atoms with Crippen molar-refractivity contribution in [1.29, 1.82) is 0 Å². The monoisotopic (exact) mass is 426 g/mol. The highest BCUT2D eigenvalue weighted by molar-refractivity contribution is 5.76. The number of nitrogens with zero attached hydrogens (tertiary/aromatic N) is 3. The van der Waals surface area contributed by atoms with Crippen LogP contribution in [-0.4, -0.2) is 66.1 Å². The predicted molar refractivity (Wildman–Crippen MR) is 116 cm³/mol. The quantitative estimate of drug-likeness (QED) is 0.725. The van der Waals surface area contributed by atoms with E-state index in [0.29, 0.717) is 44.9 Å². The molecule has 8 nitrogen and oxygen atoms in total. The van der Waals surface area contributed by atoms with Crippen LogP contribution in [0.1, 0.15) is 41.4 Å². The number of benzene rings is 1. The second-order valence-corrected chi connectivity index (χ2v) is 8.22. The molecule has 1 aromatic heterocycles. The van der Waals surface area contributed by atoms with Gasteiger partial charge < -0.3 is 19.4 Å². The van der Waals surface area contributed by atoms with Crippen LogP contribution in [0.4, 0.5) is 0 Å². The number of para-hydroxylation sites is 1. The van der Waals surface area contributed by atoms with E-state index in [2.05, 4.69) is 16.0 Å². The zero-order chi connectivity index (χ0) is 21.8. The normalized spacial score (nSPS) is 18.8. The molecule has 2 aromatic rings. The third-order valence-corrected chi connectivity index (χ3v) is 6.21. The first-order valence-electron chi connectivity index (χ1n) is 10.8. The van der Waals surface area contributed by atoms with Crippen molar-refractivity contribution >= 4 is 5.91 Å². The van der Waals surface area contributed by atoms with Crippen molar-refractivity contribution in [2.45, 2.75) is 38.3 Å². The van der Waals surface area contributed by atoms with Crippen molar-refractivity contribution < 1.29 is 14.3 Å². The van der Waals surface area contributed by atoms with E-state index in [4.69, 9.17) is 14.5 Å². The minimum Gasteiger partial charge on any atom is -0.496 e. The van der Waals surface area contributed by atoms with E-state index >= 15 is 0 Å². The molecule has 3 heterocycles. The van der Waals surface area contributed by atoms with E-state index in [1.165, 1.54) is 0 Å². The van der Waals surface area contributed by atoms with Gasteiger partial charge >= 0.3 is 0 Å². The van der Waals surface area contributed by atoms with E-state index in [1.54, 1.807) is 14.2 Å². The zero-order valence-corrected chi connectivity index (χ0v) is 18.2. The van der Waals surface area contributed by atoms with Gasteiger partial charge in [0.05, 0.1) is 25.8 Å². The van der Waals surface area contributed by atoms with Gasteiger partial charge in [-0.2, -0.15) is 0 Å². The highest BCUT2D eigenvalue weighted by Gasteiger charge is 2.30. The van der Waals surface area contributed by atoms with Gasteiger partial charge in [0, 0.05) is 56.9 Å². The van der Waals surface area contributed by atoms with Gasteiger partial charge in [0.2, 0.25) is 5.91 Å². The van der Waals surface area contributed by atoms with Crippen molar-refractivity contribution in [3.05, 3.63) is 57.3 Å². The predicted octanol–water partition coefficient (Wildman–Crippen LogP) is 1.69. The number of amides is 1. The first kappa shape index (κ1) is 21.5. The highest BCUT2D eigenvalue weighted by Crippen LogP contribution is 2.27. The molecule has 0 saturated carbocycles. The maximum Gasteiger partial charge on any atom is 0.254 e. The van der Waals surface area contributed by atoms with Gasteiger partial charge in [-0.05, 0) is 18.9 Å². The summed E-state index contributed by atoms with van der Waals surface area (Å²) in [6.45, 7) is 3.89. The lowest BCUT2D eigenvalue weighted by atomic mass is 10.0. The summed E-state index contributed by atoms with van der Waals surface area (Å²) in [6.07, 6.45) is 1.88. The summed E-state index contributed by atoms with van der Waals surface area (Å²) >= 11 is 0. The van der Waals surface area contributed by atoms with E-state index in [1.807, 2.05) is 23.1 Å². The molecule has 1 atom stereocenters. The number of ether oxygens (including phenoxy) is 2. The smallest absolute Gasteiger partial charge is 0.254 e. The summed E-state index contributed by atoms with van der Waals surface area (Å²) in [6, 6.07) is 8.01. The second-order valence-electron chi connectivity index (χ2n) is 8.22. The Balaban J connectivity index is 1.47. The Morgan fingerprint density at radius 3 is 2.90 bits per heavy atom. The number of likely N-dealkylation sites (tertiary alicyclic amines) is 1. The van der Waals surface area contributed by atoms with Gasteiger partial charge in [-0.25, -0.2) is 4.98 Å². The van der Waals surface area contributed by atoms with E-state index in [9.17, 15) is 9.59 Å². The lowest BCUT2D eigenvalue weighted by Crippen LogP contribution is -2.36. The maximum absolute atomic E-state index is 12.7. The number of carbonyl (C=O) groups excluding carboxylic acids is 1. The van der Waals surface area contributed by atoms with Gasteiger partial charge in [-0.1, -0.05) is 18.2 Å². The molecule has 2 aliphatic rings. The summed E-state index contributed by atoms with van der Waals surface area (Å²) in [5, 5.41) is 0. The molecule has 1 N–H and O–H groups in total. The van der Waals surface area contributed by atoms with Crippen LogP contribution in [0.3, 0.4) is 0 Å². The molecule has 166 valence electrons. The fourth-order valence-electron chi connectivity index (χ4n) is 4.47. The Bertz CT molecular complexity index is 990. The third kappa shape index (κ3) is 4.80. The molecular weight excluding hydrogens is 396 g/mol. The van der Waals surface area contributed by atoms with Crippen molar-refractivity contribution in [2.75, 3.05) is 40.5 Å². The molecule has 31 heavy (non-hydrogen) atoms. The van der Waals surface area contributed by atoms with Crippen molar-refractivity contribution in [1.82, 2.24) is 19.8 Å². The zero-order valence-electron chi connectivity index (χ0n) is 18.2. The fourth-order valence-corrected chi connectivity index (χ4v) is 4.47. The molecule has 4 rings (SSSR count). The van der Waals surface area contributed by atoms with Crippen molar-refractivity contribution in [3.63, 3.8) is 0 Å². The number of methoxy groups -OCH3 is 2. The molecule has 1 amide bonds. The molecule has 1 unspecified atom stereocenters. The van der Waals surface area contributed by atoms with Crippen LogP contribution in [0.2, 0.25) is 0 Å². The third-order valence-electron chi connectivity index (χ3n) is 6.21. The van der Waals surface area contributed by atoms with E-state index in [0.717, 1.165) is 42.1 Å². The molecule has 1 fully saturated rings. The van der Waals surface area contributed by atoms with Gasteiger partial charge in [0.15, 0.2) is 0 Å². The Hall–Kier alpha value is -2.71. The molecule has 8 heteroatoms. The standard InChI is InChI=1S/C23H30N4O4/c1-30-12-9-21(28)27-11-7-17(14-27)22-24-19-15-26(10-8-18(19)23(29)25-22)13-16-5-3-4-6-20(16)31-2/h3-6,17H,7-15H2,1-2H3,(H,24,25,29). The summed E-state index contributed by atoms with van der Waals surface area (Å²) in [4.78, 5) is 37.0. The van der Waals surface area contributed by atoms with Gasteiger partial charge in [0.1, 0.15) is 11.6 Å². The lowest BCUT2D eigenvalue weighted by molar-refractivity contribution is -0.131. The topological polar surface area (TPSA) is 87.8 Å². The molecule has 0 spiro atoms. The Kier molecular flexibility index (Phi) is 6.67. The summed E-state index contributed by atoms with van der Waals surface area (Å²) in [7, 11) is 3.28. The van der Waals surface area contributed by atoms with Gasteiger partial charge in [-0.3, -0.25) is 14.5 Å². The van der Waals surface area contributed by atoms with Crippen LogP contribution in [0, 0.1) is 0 Å². The average molecular weight is 427 g/mol. The number of aromatic amines is 1. The minimum atomic E-state index is -0.0406. The van der Waals surface area contributed by atoms with Crippen LogP contribution in [0.15, 0.2) is 29.1 Å². The Labute approximate surface area is 182 Å². The molecule has 0 radical (unpaired) electrons. The number of hydrogen-bond donors (Lipinski definition) is 1. The maximum atomic E-state index is 12.7. The summed E-state index contributed by atoms with van der Waals surface area (Å²) in [5.74, 6) is 1.73. The van der Waals surface area contributed by atoms with Crippen LogP contribution in [0.5, 0.6) is 5.75 Å². The molecule has 2 aliphatic heterocycles. The van der Waals surface area contributed by atoms with Gasteiger partial charge in [-0.15, -0.1) is 0 Å². The number of nitrogens with one attached hydrogen (secondary N) is 1. The molecule has 0 aliphatic carbocycles.